The first kappa shape index (κ1) is 24.6. The van der Waals surface area contributed by atoms with Gasteiger partial charge in [0.05, 0.1) is 30.1 Å². The van der Waals surface area contributed by atoms with E-state index in [9.17, 15) is 9.59 Å². The molecule has 1 spiro atoms. The van der Waals surface area contributed by atoms with Gasteiger partial charge in [0, 0.05) is 12.1 Å². The van der Waals surface area contributed by atoms with Crippen LogP contribution < -0.4 is 10.6 Å². The van der Waals surface area contributed by atoms with Crippen LogP contribution in [-0.2, 0) is 44.2 Å². The first-order valence-electron chi connectivity index (χ1n) is 11.9. The highest BCUT2D eigenvalue weighted by atomic mass is 35.5. The number of esters is 2. The van der Waals surface area contributed by atoms with Crippen molar-refractivity contribution in [2.75, 3.05) is 18.4 Å². The van der Waals surface area contributed by atoms with Gasteiger partial charge in [-0.2, -0.15) is 0 Å². The van der Waals surface area contributed by atoms with Gasteiger partial charge >= 0.3 is 11.9 Å². The number of benzene rings is 2. The SMILES string of the molecule is CC(C)(C)CCc1ccc(CNc2c(Cl)ccc3c2CCNCC32OC(=O)CCC(=O)O2)cc1. The Balaban J connectivity index is 1.57. The van der Waals surface area contributed by atoms with Crippen molar-refractivity contribution >= 4 is 29.2 Å². The van der Waals surface area contributed by atoms with Crippen molar-refractivity contribution in [3.63, 3.8) is 0 Å². The van der Waals surface area contributed by atoms with Crippen LogP contribution in [0.4, 0.5) is 5.69 Å². The number of ether oxygens (including phenoxy) is 2. The molecule has 2 aromatic carbocycles. The van der Waals surface area contributed by atoms with Crippen LogP contribution >= 0.6 is 11.6 Å². The maximum atomic E-state index is 12.3. The molecule has 0 bridgehead atoms. The monoisotopic (exact) mass is 484 g/mol. The van der Waals surface area contributed by atoms with E-state index in [0.717, 1.165) is 29.7 Å². The minimum absolute atomic E-state index is 0.0142. The van der Waals surface area contributed by atoms with E-state index in [1.165, 1.54) is 5.56 Å². The largest absolute Gasteiger partial charge is 0.416 e. The van der Waals surface area contributed by atoms with Gasteiger partial charge in [0.25, 0.3) is 5.79 Å². The molecule has 4 rings (SSSR count). The topological polar surface area (TPSA) is 76.7 Å². The molecule has 7 heteroatoms. The lowest BCUT2D eigenvalue weighted by atomic mass is 9.88. The number of carbonyl (C=O) groups excluding carboxylic acids is 2. The molecule has 0 saturated carbocycles. The Hall–Kier alpha value is -2.57. The molecule has 2 aromatic rings. The summed E-state index contributed by atoms with van der Waals surface area (Å²) in [5, 5.41) is 7.30. The van der Waals surface area contributed by atoms with E-state index in [2.05, 4.69) is 55.7 Å². The van der Waals surface area contributed by atoms with Crippen molar-refractivity contribution < 1.29 is 19.1 Å². The van der Waals surface area contributed by atoms with E-state index in [1.807, 2.05) is 0 Å². The second-order valence-corrected chi connectivity index (χ2v) is 10.7. The van der Waals surface area contributed by atoms with Crippen molar-refractivity contribution in [3.05, 3.63) is 63.7 Å². The summed E-state index contributed by atoms with van der Waals surface area (Å²) in [6.45, 7) is 8.21. The Labute approximate surface area is 206 Å². The summed E-state index contributed by atoms with van der Waals surface area (Å²) in [6.07, 6.45) is 2.88. The predicted octanol–water partition coefficient (Wildman–Crippen LogP) is 5.11. The summed E-state index contributed by atoms with van der Waals surface area (Å²) >= 11 is 6.61. The molecular weight excluding hydrogens is 452 g/mol. The second kappa shape index (κ2) is 9.96. The van der Waals surface area contributed by atoms with Crippen molar-refractivity contribution in [3.8, 4) is 0 Å². The van der Waals surface area contributed by atoms with Crippen LogP contribution in [0.25, 0.3) is 0 Å². The van der Waals surface area contributed by atoms with E-state index in [4.69, 9.17) is 21.1 Å². The van der Waals surface area contributed by atoms with E-state index >= 15 is 0 Å². The average molecular weight is 485 g/mol. The third-order valence-corrected chi connectivity index (χ3v) is 6.64. The van der Waals surface area contributed by atoms with Crippen LogP contribution in [0.5, 0.6) is 0 Å². The third-order valence-electron chi connectivity index (χ3n) is 6.33. The summed E-state index contributed by atoms with van der Waals surface area (Å²) in [4.78, 5) is 24.6. The normalized spacial score (nSPS) is 17.9. The molecule has 0 radical (unpaired) electrons. The highest BCUT2D eigenvalue weighted by Crippen LogP contribution is 2.40. The molecule has 182 valence electrons. The minimum Gasteiger partial charge on any atom is -0.416 e. The molecule has 1 saturated heterocycles. The number of hydrogen-bond acceptors (Lipinski definition) is 6. The Kier molecular flexibility index (Phi) is 7.20. The van der Waals surface area contributed by atoms with Crippen LogP contribution in [0, 0.1) is 5.41 Å². The van der Waals surface area contributed by atoms with Gasteiger partial charge in [-0.05, 0) is 60.0 Å². The molecule has 0 aliphatic carbocycles. The fourth-order valence-corrected chi connectivity index (χ4v) is 4.64. The summed E-state index contributed by atoms with van der Waals surface area (Å²) in [7, 11) is 0. The van der Waals surface area contributed by atoms with Gasteiger partial charge in [0.2, 0.25) is 0 Å². The number of nitrogens with one attached hydrogen (secondary N) is 2. The van der Waals surface area contributed by atoms with Gasteiger partial charge in [0.1, 0.15) is 0 Å². The lowest BCUT2D eigenvalue weighted by Gasteiger charge is -2.32. The van der Waals surface area contributed by atoms with Crippen molar-refractivity contribution in [1.82, 2.24) is 5.32 Å². The first-order chi connectivity index (χ1) is 16.2. The molecule has 0 atom stereocenters. The summed E-state index contributed by atoms with van der Waals surface area (Å²) < 4.78 is 11.4. The highest BCUT2D eigenvalue weighted by molar-refractivity contribution is 6.33. The first-order valence-corrected chi connectivity index (χ1v) is 12.3. The van der Waals surface area contributed by atoms with Gasteiger partial charge < -0.3 is 20.1 Å². The zero-order valence-corrected chi connectivity index (χ0v) is 20.9. The molecule has 2 N–H and O–H groups in total. The molecule has 6 nitrogen and oxygen atoms in total. The molecule has 0 unspecified atom stereocenters. The Morgan fingerprint density at radius 1 is 0.971 bits per heavy atom. The van der Waals surface area contributed by atoms with E-state index in [-0.39, 0.29) is 19.4 Å². The van der Waals surface area contributed by atoms with Gasteiger partial charge in [-0.15, -0.1) is 0 Å². The zero-order valence-electron chi connectivity index (χ0n) is 20.1. The molecule has 0 amide bonds. The van der Waals surface area contributed by atoms with Gasteiger partial charge in [-0.1, -0.05) is 56.6 Å². The smallest absolute Gasteiger partial charge is 0.309 e. The number of fused-ring (bicyclic) bond motifs is 2. The van der Waals surface area contributed by atoms with Crippen LogP contribution in [0.15, 0.2) is 36.4 Å². The fraction of sp³-hybridized carbons (Fsp3) is 0.481. The lowest BCUT2D eigenvalue weighted by Crippen LogP contribution is -2.43. The molecule has 2 aliphatic rings. The van der Waals surface area contributed by atoms with E-state index < -0.39 is 17.7 Å². The van der Waals surface area contributed by atoms with Crippen LogP contribution in [0.2, 0.25) is 5.02 Å². The molecule has 34 heavy (non-hydrogen) atoms. The molecule has 1 fully saturated rings. The second-order valence-electron chi connectivity index (χ2n) is 10.3. The Bertz CT molecular complexity index is 1040. The molecular formula is C27H33ClN2O4. The van der Waals surface area contributed by atoms with Crippen LogP contribution in [-0.4, -0.2) is 25.0 Å². The molecule has 2 aliphatic heterocycles. The van der Waals surface area contributed by atoms with Crippen LogP contribution in [0.3, 0.4) is 0 Å². The number of halogens is 1. The van der Waals surface area contributed by atoms with Gasteiger partial charge in [0.15, 0.2) is 0 Å². The van der Waals surface area contributed by atoms with E-state index in [0.29, 0.717) is 35.5 Å². The average Bonchev–Trinajstić information content (AvgIpc) is 3.04. The summed E-state index contributed by atoms with van der Waals surface area (Å²) in [5.41, 5.74) is 5.11. The van der Waals surface area contributed by atoms with Crippen molar-refractivity contribution in [1.29, 1.82) is 0 Å². The Morgan fingerprint density at radius 2 is 1.62 bits per heavy atom. The van der Waals surface area contributed by atoms with Crippen molar-refractivity contribution in [2.24, 2.45) is 5.41 Å². The summed E-state index contributed by atoms with van der Waals surface area (Å²) in [5.74, 6) is -2.38. The third kappa shape index (κ3) is 5.73. The number of rotatable bonds is 5. The van der Waals surface area contributed by atoms with Crippen LogP contribution in [0.1, 0.15) is 62.3 Å². The standard InChI is InChI=1S/C27H33ClN2O4/c1-26(2,3)14-12-18-4-6-19(7-5-18)16-30-25-20-13-15-29-17-27(21(20)8-9-22(25)28)33-23(31)10-11-24(32)34-27/h4-9,29-30H,10-17H2,1-3H3. The van der Waals surface area contributed by atoms with Gasteiger partial charge in [-0.3, -0.25) is 9.59 Å². The number of anilines is 1. The summed E-state index contributed by atoms with van der Waals surface area (Å²) in [6, 6.07) is 12.2. The van der Waals surface area contributed by atoms with Gasteiger partial charge in [-0.25, -0.2) is 0 Å². The quantitative estimate of drug-likeness (QED) is 0.574. The number of carbonyl (C=O) groups is 2. The number of aryl methyl sites for hydroxylation is 1. The highest BCUT2D eigenvalue weighted by Gasteiger charge is 2.45. The lowest BCUT2D eigenvalue weighted by molar-refractivity contribution is -0.225. The Morgan fingerprint density at radius 3 is 2.26 bits per heavy atom. The number of hydrogen-bond donors (Lipinski definition) is 2. The maximum Gasteiger partial charge on any atom is 0.309 e. The minimum atomic E-state index is -1.48. The maximum absolute atomic E-state index is 12.3. The van der Waals surface area contributed by atoms with E-state index in [1.54, 1.807) is 12.1 Å². The predicted molar refractivity (Wildman–Crippen MR) is 133 cm³/mol. The zero-order chi connectivity index (χ0) is 24.3. The molecule has 0 aromatic heterocycles. The van der Waals surface area contributed by atoms with Crippen molar-refractivity contribution in [2.45, 2.75) is 65.2 Å². The molecule has 2 heterocycles. The fourth-order valence-electron chi connectivity index (χ4n) is 4.40.